The van der Waals surface area contributed by atoms with Gasteiger partial charge in [-0.05, 0) is 52.8 Å². The fourth-order valence-corrected chi connectivity index (χ4v) is 2.77. The molecular formula is C12H13BrClN3S. The van der Waals surface area contributed by atoms with E-state index in [1.165, 1.54) is 0 Å². The van der Waals surface area contributed by atoms with Gasteiger partial charge < -0.3 is 0 Å². The van der Waals surface area contributed by atoms with Crippen LogP contribution in [0.25, 0.3) is 5.69 Å². The number of hydrogen-bond donors (Lipinski definition) is 1. The molecule has 1 N–H and O–H groups in total. The Morgan fingerprint density at radius 2 is 2.11 bits per heavy atom. The van der Waals surface area contributed by atoms with Crippen molar-refractivity contribution in [3.63, 3.8) is 0 Å². The lowest BCUT2D eigenvalue weighted by Gasteiger charge is -2.12. The van der Waals surface area contributed by atoms with Gasteiger partial charge in [-0.15, -0.1) is 0 Å². The van der Waals surface area contributed by atoms with E-state index in [2.05, 4.69) is 40.0 Å². The Balaban J connectivity index is 2.73. The Hall–Kier alpha value is -0.650. The summed E-state index contributed by atoms with van der Waals surface area (Å²) in [7, 11) is 0. The molecule has 1 aromatic carbocycles. The maximum absolute atomic E-state index is 6.19. The monoisotopic (exact) mass is 345 g/mol. The zero-order chi connectivity index (χ0) is 13.4. The molecule has 0 unspecified atom stereocenters. The van der Waals surface area contributed by atoms with Crippen molar-refractivity contribution in [1.82, 2.24) is 14.8 Å². The normalized spacial score (nSPS) is 11.2. The minimum Gasteiger partial charge on any atom is -0.271 e. The zero-order valence-corrected chi connectivity index (χ0v) is 13.4. The predicted molar refractivity (Wildman–Crippen MR) is 80.3 cm³/mol. The number of H-pyrrole nitrogens is 1. The van der Waals surface area contributed by atoms with Crippen molar-refractivity contribution in [2.75, 3.05) is 0 Å². The van der Waals surface area contributed by atoms with Crippen molar-refractivity contribution in [3.05, 3.63) is 37.8 Å². The summed E-state index contributed by atoms with van der Waals surface area (Å²) in [6.07, 6.45) is 0. The van der Waals surface area contributed by atoms with Crippen molar-refractivity contribution >= 4 is 39.7 Å². The maximum Gasteiger partial charge on any atom is 0.199 e. The second-order valence-corrected chi connectivity index (χ2v) is 6.08. The van der Waals surface area contributed by atoms with E-state index in [0.717, 1.165) is 21.5 Å². The SMILES string of the molecule is Cc1cc(Br)c(-n2c(C(C)C)n[nH]c2=S)cc1Cl. The van der Waals surface area contributed by atoms with E-state index < -0.39 is 0 Å². The molecule has 0 saturated carbocycles. The van der Waals surface area contributed by atoms with Crippen LogP contribution in [0.3, 0.4) is 0 Å². The van der Waals surface area contributed by atoms with E-state index in [4.69, 9.17) is 23.8 Å². The van der Waals surface area contributed by atoms with Crippen LogP contribution in [0.1, 0.15) is 31.2 Å². The topological polar surface area (TPSA) is 33.6 Å². The maximum atomic E-state index is 6.19. The van der Waals surface area contributed by atoms with Crippen LogP contribution in [-0.2, 0) is 0 Å². The highest BCUT2D eigenvalue weighted by Crippen LogP contribution is 2.30. The number of rotatable bonds is 2. The Kier molecular flexibility index (Phi) is 3.94. The van der Waals surface area contributed by atoms with Crippen LogP contribution in [0.5, 0.6) is 0 Å². The molecule has 0 bridgehead atoms. The first-order valence-electron chi connectivity index (χ1n) is 5.55. The van der Waals surface area contributed by atoms with E-state index >= 15 is 0 Å². The number of aryl methyl sites for hydroxylation is 1. The Bertz CT molecular complexity index is 645. The minimum atomic E-state index is 0.268. The molecule has 0 amide bonds. The number of nitrogens with zero attached hydrogens (tertiary/aromatic N) is 2. The number of nitrogens with one attached hydrogen (secondary N) is 1. The van der Waals surface area contributed by atoms with Crippen LogP contribution in [-0.4, -0.2) is 14.8 Å². The zero-order valence-electron chi connectivity index (χ0n) is 10.3. The van der Waals surface area contributed by atoms with Gasteiger partial charge in [-0.25, -0.2) is 0 Å². The highest BCUT2D eigenvalue weighted by molar-refractivity contribution is 9.10. The first-order chi connectivity index (χ1) is 8.41. The van der Waals surface area contributed by atoms with Gasteiger partial charge in [0, 0.05) is 15.4 Å². The predicted octanol–water partition coefficient (Wildman–Crippen LogP) is 4.78. The Labute approximate surface area is 124 Å². The molecule has 18 heavy (non-hydrogen) atoms. The molecule has 1 heterocycles. The van der Waals surface area contributed by atoms with Crippen LogP contribution < -0.4 is 0 Å². The van der Waals surface area contributed by atoms with Crippen molar-refractivity contribution in [2.24, 2.45) is 0 Å². The van der Waals surface area contributed by atoms with Crippen LogP contribution in [0.15, 0.2) is 16.6 Å². The number of aromatic amines is 1. The Morgan fingerprint density at radius 3 is 2.72 bits per heavy atom. The molecular weight excluding hydrogens is 334 g/mol. The molecule has 2 rings (SSSR count). The third-order valence-corrected chi connectivity index (χ3v) is 4.00. The fourth-order valence-electron chi connectivity index (χ4n) is 1.74. The number of benzene rings is 1. The van der Waals surface area contributed by atoms with Crippen molar-refractivity contribution < 1.29 is 0 Å². The van der Waals surface area contributed by atoms with Gasteiger partial charge in [0.05, 0.1) is 5.69 Å². The molecule has 0 aliphatic rings. The second kappa shape index (κ2) is 5.15. The summed E-state index contributed by atoms with van der Waals surface area (Å²) in [5.74, 6) is 1.16. The summed E-state index contributed by atoms with van der Waals surface area (Å²) in [4.78, 5) is 0. The highest BCUT2D eigenvalue weighted by atomic mass is 79.9. The van der Waals surface area contributed by atoms with Gasteiger partial charge in [0.1, 0.15) is 5.82 Å². The molecule has 6 heteroatoms. The summed E-state index contributed by atoms with van der Waals surface area (Å²) in [5.41, 5.74) is 1.93. The lowest BCUT2D eigenvalue weighted by molar-refractivity contribution is 0.743. The van der Waals surface area contributed by atoms with E-state index in [0.29, 0.717) is 9.79 Å². The van der Waals surface area contributed by atoms with Crippen LogP contribution in [0, 0.1) is 11.7 Å². The van der Waals surface area contributed by atoms with Crippen molar-refractivity contribution in [3.8, 4) is 5.69 Å². The summed E-state index contributed by atoms with van der Waals surface area (Å²) in [6, 6.07) is 3.88. The molecule has 0 spiro atoms. The molecule has 0 aliphatic carbocycles. The van der Waals surface area contributed by atoms with E-state index in [1.807, 2.05) is 23.6 Å². The van der Waals surface area contributed by atoms with E-state index in [1.54, 1.807) is 0 Å². The fraction of sp³-hybridized carbons (Fsp3) is 0.333. The molecule has 0 aliphatic heterocycles. The van der Waals surface area contributed by atoms with E-state index in [9.17, 15) is 0 Å². The molecule has 0 fully saturated rings. The van der Waals surface area contributed by atoms with Gasteiger partial charge in [0.2, 0.25) is 0 Å². The van der Waals surface area contributed by atoms with Crippen molar-refractivity contribution in [2.45, 2.75) is 26.7 Å². The third kappa shape index (κ3) is 2.39. The third-order valence-electron chi connectivity index (χ3n) is 2.68. The summed E-state index contributed by atoms with van der Waals surface area (Å²) in [5, 5.41) is 7.81. The van der Waals surface area contributed by atoms with Gasteiger partial charge in [-0.1, -0.05) is 25.4 Å². The molecule has 0 saturated heterocycles. The molecule has 96 valence electrons. The van der Waals surface area contributed by atoms with Gasteiger partial charge in [-0.3, -0.25) is 9.67 Å². The van der Waals surface area contributed by atoms with Crippen LogP contribution >= 0.6 is 39.7 Å². The highest BCUT2D eigenvalue weighted by Gasteiger charge is 2.15. The molecule has 0 radical (unpaired) electrons. The van der Waals surface area contributed by atoms with Gasteiger partial charge in [0.25, 0.3) is 0 Å². The largest absolute Gasteiger partial charge is 0.271 e. The Morgan fingerprint density at radius 1 is 1.44 bits per heavy atom. The second-order valence-electron chi connectivity index (χ2n) is 4.43. The lowest BCUT2D eigenvalue weighted by Crippen LogP contribution is -2.04. The van der Waals surface area contributed by atoms with Gasteiger partial charge >= 0.3 is 0 Å². The van der Waals surface area contributed by atoms with Gasteiger partial charge in [0.15, 0.2) is 4.77 Å². The molecule has 3 nitrogen and oxygen atoms in total. The quantitative estimate of drug-likeness (QED) is 0.794. The lowest BCUT2D eigenvalue weighted by atomic mass is 10.2. The number of hydrogen-bond acceptors (Lipinski definition) is 2. The van der Waals surface area contributed by atoms with E-state index in [-0.39, 0.29) is 5.92 Å². The first-order valence-corrected chi connectivity index (χ1v) is 7.13. The summed E-state index contributed by atoms with van der Waals surface area (Å²) in [6.45, 7) is 6.12. The minimum absolute atomic E-state index is 0.268. The average molecular weight is 347 g/mol. The standard InChI is InChI=1S/C12H13BrClN3S/c1-6(2)11-15-16-12(18)17(11)10-5-9(14)7(3)4-8(10)13/h4-6H,1-3H3,(H,16,18). The molecule has 2 aromatic rings. The van der Waals surface area contributed by atoms with Gasteiger partial charge in [-0.2, -0.15) is 5.10 Å². The number of aromatic nitrogens is 3. The average Bonchev–Trinajstić information content (AvgIpc) is 2.66. The molecule has 1 aromatic heterocycles. The summed E-state index contributed by atoms with van der Waals surface area (Å²) >= 11 is 15.0. The summed E-state index contributed by atoms with van der Waals surface area (Å²) < 4.78 is 3.43. The number of halogens is 2. The smallest absolute Gasteiger partial charge is 0.199 e. The van der Waals surface area contributed by atoms with Crippen molar-refractivity contribution in [1.29, 1.82) is 0 Å². The first kappa shape index (κ1) is 13.8. The molecule has 0 atom stereocenters. The van der Waals surface area contributed by atoms with Crippen LogP contribution in [0.2, 0.25) is 5.02 Å². The van der Waals surface area contributed by atoms with Crippen LogP contribution in [0.4, 0.5) is 0 Å².